The van der Waals surface area contributed by atoms with Gasteiger partial charge in [0.2, 0.25) is 5.37 Å². The van der Waals surface area contributed by atoms with Crippen molar-refractivity contribution < 1.29 is 8.78 Å². The van der Waals surface area contributed by atoms with Crippen LogP contribution in [0.2, 0.25) is 0 Å². The zero-order valence-electron chi connectivity index (χ0n) is 11.4. The van der Waals surface area contributed by atoms with Crippen molar-refractivity contribution in [2.45, 2.75) is 11.1 Å². The molecule has 0 fully saturated rings. The molecule has 1 aromatic heterocycles. The first kappa shape index (κ1) is 12.8. The largest absolute Gasteiger partial charge is 0.273 e. The number of imidazole rings is 1. The predicted molar refractivity (Wildman–Crippen MR) is 81.2 cm³/mol. The summed E-state index contributed by atoms with van der Waals surface area (Å²) in [5.74, 6) is 0.706. The van der Waals surface area contributed by atoms with Gasteiger partial charge in [-0.15, -0.1) is 0 Å². The van der Waals surface area contributed by atoms with Crippen molar-refractivity contribution in [1.29, 1.82) is 0 Å². The highest BCUT2D eigenvalue weighted by atomic mass is 32.2. The zero-order chi connectivity index (χ0) is 14.6. The molecular weight excluding hydrogens is 290 g/mol. The summed E-state index contributed by atoms with van der Waals surface area (Å²) in [6.45, 7) is 0. The molecule has 5 heteroatoms. The molecule has 1 aliphatic heterocycles. The molecule has 0 saturated heterocycles. The van der Waals surface area contributed by atoms with E-state index in [2.05, 4.69) is 4.98 Å². The summed E-state index contributed by atoms with van der Waals surface area (Å²) < 4.78 is 30.4. The van der Waals surface area contributed by atoms with Crippen LogP contribution in [0, 0.1) is 11.6 Å². The maximum absolute atomic E-state index is 14.2. The van der Waals surface area contributed by atoms with Gasteiger partial charge in [-0.05, 0) is 24.3 Å². The fourth-order valence-electron chi connectivity index (χ4n) is 3.00. The van der Waals surface area contributed by atoms with E-state index in [0.717, 1.165) is 22.6 Å². The van der Waals surface area contributed by atoms with Crippen molar-refractivity contribution in [3.05, 3.63) is 65.5 Å². The van der Waals surface area contributed by atoms with Gasteiger partial charge in [0.25, 0.3) is 0 Å². The fourth-order valence-corrected chi connectivity index (χ4v) is 4.99. The van der Waals surface area contributed by atoms with E-state index in [0.29, 0.717) is 0 Å². The molecule has 2 aromatic carbocycles. The van der Waals surface area contributed by atoms with Gasteiger partial charge in [0.05, 0.1) is 16.6 Å². The highest BCUT2D eigenvalue weighted by molar-refractivity contribution is 7.95. The second-order valence-electron chi connectivity index (χ2n) is 5.21. The first-order valence-electron chi connectivity index (χ1n) is 6.68. The lowest BCUT2D eigenvalue weighted by atomic mass is 10.2. The third-order valence-corrected chi connectivity index (χ3v) is 5.81. The topological polar surface area (TPSA) is 17.8 Å². The smallest absolute Gasteiger partial charge is 0.228 e. The maximum atomic E-state index is 14.2. The predicted octanol–water partition coefficient (Wildman–Crippen LogP) is 3.62. The Kier molecular flexibility index (Phi) is 2.79. The summed E-state index contributed by atoms with van der Waals surface area (Å²) in [5.41, 5.74) is 1.98. The van der Waals surface area contributed by atoms with Gasteiger partial charge < -0.3 is 0 Å². The monoisotopic (exact) mass is 303 g/mol. The summed E-state index contributed by atoms with van der Waals surface area (Å²) in [4.78, 5) is 4.60. The lowest BCUT2D eigenvalue weighted by Crippen LogP contribution is -2.17. The Morgan fingerprint density at radius 1 is 1.10 bits per heavy atom. The van der Waals surface area contributed by atoms with Gasteiger partial charge in [0, 0.05) is 10.9 Å². The van der Waals surface area contributed by atoms with Crippen LogP contribution in [0.25, 0.3) is 11.0 Å². The van der Waals surface area contributed by atoms with E-state index in [-0.39, 0.29) is 21.8 Å². The molecule has 0 saturated carbocycles. The molecule has 1 aliphatic rings. The molecule has 2 atom stereocenters. The average Bonchev–Trinajstić information content (AvgIpc) is 2.95. The Bertz CT molecular complexity index is 823. The number of hydrogen-bond acceptors (Lipinski definition) is 1. The third kappa shape index (κ3) is 1.80. The molecular formula is C16H13F2N2S+. The van der Waals surface area contributed by atoms with Gasteiger partial charge in [-0.2, -0.15) is 0 Å². The Morgan fingerprint density at radius 2 is 1.81 bits per heavy atom. The van der Waals surface area contributed by atoms with Crippen molar-refractivity contribution >= 4 is 21.9 Å². The SMILES string of the molecule is C[S+]1Cc2nc3ccccc3n2C1c1c(F)cccc1F. The number of para-hydroxylation sites is 2. The minimum absolute atomic E-state index is 0.158. The Labute approximate surface area is 123 Å². The molecule has 0 N–H and O–H groups in total. The van der Waals surface area contributed by atoms with Crippen molar-refractivity contribution in [2.75, 3.05) is 6.26 Å². The van der Waals surface area contributed by atoms with E-state index in [9.17, 15) is 8.78 Å². The molecule has 21 heavy (non-hydrogen) atoms. The second-order valence-corrected chi connectivity index (χ2v) is 7.33. The number of nitrogens with zero attached hydrogens (tertiary/aromatic N) is 2. The van der Waals surface area contributed by atoms with Crippen LogP contribution in [0.15, 0.2) is 42.5 Å². The fraction of sp³-hybridized carbons (Fsp3) is 0.188. The number of benzene rings is 2. The summed E-state index contributed by atoms with van der Waals surface area (Å²) in [7, 11) is -0.183. The van der Waals surface area contributed by atoms with Gasteiger partial charge in [-0.1, -0.05) is 18.2 Å². The Hall–Kier alpha value is -1.88. The van der Waals surface area contributed by atoms with E-state index in [1.165, 1.54) is 18.2 Å². The van der Waals surface area contributed by atoms with Crippen molar-refractivity contribution in [3.8, 4) is 0 Å². The molecule has 0 bridgehead atoms. The maximum Gasteiger partial charge on any atom is 0.228 e. The molecule has 0 radical (unpaired) electrons. The lowest BCUT2D eigenvalue weighted by molar-refractivity contribution is 0.543. The number of aromatic nitrogens is 2. The van der Waals surface area contributed by atoms with Crippen LogP contribution >= 0.6 is 0 Å². The first-order valence-corrected chi connectivity index (χ1v) is 8.54. The third-order valence-electron chi connectivity index (χ3n) is 3.89. The number of halogens is 2. The molecule has 2 heterocycles. The van der Waals surface area contributed by atoms with Crippen molar-refractivity contribution in [2.24, 2.45) is 0 Å². The first-order chi connectivity index (χ1) is 10.2. The van der Waals surface area contributed by atoms with E-state index in [1.807, 2.05) is 35.1 Å². The van der Waals surface area contributed by atoms with Crippen LogP contribution in [0.3, 0.4) is 0 Å². The van der Waals surface area contributed by atoms with Gasteiger partial charge in [0.1, 0.15) is 17.9 Å². The van der Waals surface area contributed by atoms with E-state index in [1.54, 1.807) is 0 Å². The van der Waals surface area contributed by atoms with Gasteiger partial charge in [0.15, 0.2) is 11.6 Å². The zero-order valence-corrected chi connectivity index (χ0v) is 12.2. The standard InChI is InChI=1S/C16H13F2N2S/c1-21-9-14-19-12-7-2-3-8-13(12)20(14)16(21)15-10(17)5-4-6-11(15)18/h2-8,16H,9H2,1H3/q+1. The summed E-state index contributed by atoms with van der Waals surface area (Å²) in [5, 5.41) is -0.311. The van der Waals surface area contributed by atoms with Crippen molar-refractivity contribution in [1.82, 2.24) is 9.55 Å². The molecule has 0 spiro atoms. The van der Waals surface area contributed by atoms with Crippen molar-refractivity contribution in [3.63, 3.8) is 0 Å². The number of hydrogen-bond donors (Lipinski definition) is 0. The number of fused-ring (bicyclic) bond motifs is 3. The van der Waals surface area contributed by atoms with Gasteiger partial charge in [-0.3, -0.25) is 4.57 Å². The summed E-state index contributed by atoms with van der Waals surface area (Å²) in [6.07, 6.45) is 2.04. The molecule has 3 aromatic rings. The van der Waals surface area contributed by atoms with Crippen LogP contribution in [-0.2, 0) is 16.6 Å². The normalized spacial score (nSPS) is 20.9. The highest BCUT2D eigenvalue weighted by Gasteiger charge is 2.43. The lowest BCUT2D eigenvalue weighted by Gasteiger charge is -2.14. The Balaban J connectivity index is 2.00. The molecule has 2 nitrogen and oxygen atoms in total. The van der Waals surface area contributed by atoms with E-state index in [4.69, 9.17) is 0 Å². The van der Waals surface area contributed by atoms with Gasteiger partial charge in [-0.25, -0.2) is 13.8 Å². The second kappa shape index (κ2) is 4.56. The van der Waals surface area contributed by atoms with Gasteiger partial charge >= 0.3 is 0 Å². The number of rotatable bonds is 1. The van der Waals surface area contributed by atoms with Crippen LogP contribution in [0.4, 0.5) is 8.78 Å². The molecule has 4 rings (SSSR count). The van der Waals surface area contributed by atoms with Crippen LogP contribution in [0.1, 0.15) is 16.8 Å². The van der Waals surface area contributed by atoms with Crippen LogP contribution < -0.4 is 0 Å². The highest BCUT2D eigenvalue weighted by Crippen LogP contribution is 2.40. The quantitative estimate of drug-likeness (QED) is 0.628. The summed E-state index contributed by atoms with van der Waals surface area (Å²) >= 11 is 0. The molecule has 106 valence electrons. The molecule has 2 unspecified atom stereocenters. The van der Waals surface area contributed by atoms with E-state index < -0.39 is 11.6 Å². The Morgan fingerprint density at radius 3 is 2.57 bits per heavy atom. The minimum Gasteiger partial charge on any atom is -0.273 e. The van der Waals surface area contributed by atoms with E-state index >= 15 is 0 Å². The minimum atomic E-state index is -0.481. The van der Waals surface area contributed by atoms with Crippen LogP contribution in [0.5, 0.6) is 0 Å². The summed E-state index contributed by atoms with van der Waals surface area (Å²) in [6, 6.07) is 11.8. The molecule has 0 amide bonds. The average molecular weight is 303 g/mol. The van der Waals surface area contributed by atoms with Crippen LogP contribution in [-0.4, -0.2) is 15.8 Å². The molecule has 0 aliphatic carbocycles.